The van der Waals surface area contributed by atoms with Crippen LogP contribution in [0.3, 0.4) is 0 Å². The van der Waals surface area contributed by atoms with Crippen LogP contribution < -0.4 is 0 Å². The second-order valence-corrected chi connectivity index (χ2v) is 10.3. The van der Waals surface area contributed by atoms with E-state index >= 15 is 0 Å². The van der Waals surface area contributed by atoms with E-state index in [1.165, 1.54) is 31.1 Å². The zero-order chi connectivity index (χ0) is 26.0. The van der Waals surface area contributed by atoms with Gasteiger partial charge in [-0.3, -0.25) is 14.9 Å². The minimum atomic E-state index is -4.35. The van der Waals surface area contributed by atoms with Gasteiger partial charge < -0.3 is 9.64 Å². The number of sulfonamides is 1. The molecule has 36 heavy (non-hydrogen) atoms. The molecule has 1 fully saturated rings. The Bertz CT molecular complexity index is 1440. The molecule has 0 aromatic heterocycles. The monoisotopic (exact) mass is 511 g/mol. The second kappa shape index (κ2) is 10.0. The van der Waals surface area contributed by atoms with Crippen molar-refractivity contribution in [2.75, 3.05) is 20.2 Å². The van der Waals surface area contributed by atoms with Gasteiger partial charge in [0.15, 0.2) is 4.90 Å². The van der Waals surface area contributed by atoms with Crippen LogP contribution in [0.5, 0.6) is 0 Å². The van der Waals surface area contributed by atoms with Crippen LogP contribution in [0.2, 0.25) is 0 Å². The van der Waals surface area contributed by atoms with E-state index < -0.39 is 49.5 Å². The summed E-state index contributed by atoms with van der Waals surface area (Å²) in [5.74, 6) is -1.20. The van der Waals surface area contributed by atoms with E-state index in [2.05, 4.69) is 0 Å². The molecule has 2 atom stereocenters. The molecule has 3 aromatic rings. The zero-order valence-electron chi connectivity index (χ0n) is 19.7. The number of para-hydroxylation sites is 1. The van der Waals surface area contributed by atoms with Gasteiger partial charge in [0.1, 0.15) is 12.1 Å². The SMILES string of the molecule is COC(=O)[C@H](Cc1ccc2ccccc2c1)N1CCN(S(=O)(=O)c2ccccc2[N+](=O)[O-])[C@@H](C)C1=O. The highest BCUT2D eigenvalue weighted by atomic mass is 32.2. The third-order valence-corrected chi connectivity index (χ3v) is 8.39. The molecule has 1 aliphatic heterocycles. The number of fused-ring (bicyclic) bond motifs is 1. The van der Waals surface area contributed by atoms with Gasteiger partial charge in [0.25, 0.3) is 15.7 Å². The van der Waals surface area contributed by atoms with E-state index in [1.54, 1.807) is 0 Å². The normalized spacial score (nSPS) is 17.7. The molecule has 1 heterocycles. The molecule has 1 saturated heterocycles. The van der Waals surface area contributed by atoms with Crippen molar-refractivity contribution in [2.24, 2.45) is 0 Å². The summed E-state index contributed by atoms with van der Waals surface area (Å²) in [6.07, 6.45) is 0.187. The highest BCUT2D eigenvalue weighted by Gasteiger charge is 2.44. The molecule has 10 nitrogen and oxygen atoms in total. The van der Waals surface area contributed by atoms with Crippen molar-refractivity contribution in [1.29, 1.82) is 0 Å². The van der Waals surface area contributed by atoms with E-state index in [4.69, 9.17) is 4.74 Å². The number of hydrogen-bond acceptors (Lipinski definition) is 7. The molecule has 188 valence electrons. The Hall–Kier alpha value is -3.83. The smallest absolute Gasteiger partial charge is 0.328 e. The third kappa shape index (κ3) is 4.67. The molecule has 0 N–H and O–H groups in total. The number of nitrogens with zero attached hydrogens (tertiary/aromatic N) is 3. The summed E-state index contributed by atoms with van der Waals surface area (Å²) in [6.45, 7) is 1.20. The van der Waals surface area contributed by atoms with Crippen LogP contribution in [0.1, 0.15) is 12.5 Å². The Morgan fingerprint density at radius 2 is 1.75 bits per heavy atom. The summed E-state index contributed by atoms with van der Waals surface area (Å²) < 4.78 is 32.5. The predicted molar refractivity (Wildman–Crippen MR) is 132 cm³/mol. The highest BCUT2D eigenvalue weighted by Crippen LogP contribution is 2.30. The lowest BCUT2D eigenvalue weighted by Gasteiger charge is -2.41. The molecule has 11 heteroatoms. The number of esters is 1. The molecule has 0 unspecified atom stereocenters. The number of amides is 1. The quantitative estimate of drug-likeness (QED) is 0.271. The molecule has 1 amide bonds. The van der Waals surface area contributed by atoms with Crippen LogP contribution in [-0.2, 0) is 30.8 Å². The van der Waals surface area contributed by atoms with Crippen LogP contribution in [0.15, 0.2) is 71.6 Å². The second-order valence-electron chi connectivity index (χ2n) is 8.47. The first kappa shape index (κ1) is 25.3. The molecular formula is C25H25N3O7S. The van der Waals surface area contributed by atoms with Gasteiger partial charge in [-0.1, -0.05) is 54.6 Å². The van der Waals surface area contributed by atoms with E-state index in [1.807, 2.05) is 42.5 Å². The minimum absolute atomic E-state index is 0.0730. The predicted octanol–water partition coefficient (Wildman–Crippen LogP) is 2.75. The largest absolute Gasteiger partial charge is 0.467 e. The fourth-order valence-corrected chi connectivity index (χ4v) is 6.25. The summed E-state index contributed by atoms with van der Waals surface area (Å²) in [7, 11) is -3.11. The van der Waals surface area contributed by atoms with Crippen molar-refractivity contribution in [3.05, 3.63) is 82.4 Å². The van der Waals surface area contributed by atoms with Gasteiger partial charge in [0.05, 0.1) is 12.0 Å². The molecule has 0 spiro atoms. The number of hydrogen-bond donors (Lipinski definition) is 0. The first-order valence-electron chi connectivity index (χ1n) is 11.3. The van der Waals surface area contributed by atoms with Crippen molar-refractivity contribution in [3.63, 3.8) is 0 Å². The lowest BCUT2D eigenvalue weighted by molar-refractivity contribution is -0.387. The summed E-state index contributed by atoms with van der Waals surface area (Å²) in [5, 5.41) is 13.4. The van der Waals surface area contributed by atoms with Crippen LogP contribution in [0, 0.1) is 10.1 Å². The number of benzene rings is 3. The summed E-state index contributed by atoms with van der Waals surface area (Å²) in [5.41, 5.74) is 0.253. The average molecular weight is 512 g/mol. The van der Waals surface area contributed by atoms with Gasteiger partial charge in [0.2, 0.25) is 5.91 Å². The summed E-state index contributed by atoms with van der Waals surface area (Å²) >= 11 is 0. The van der Waals surface area contributed by atoms with Crippen molar-refractivity contribution >= 4 is 38.4 Å². The molecule has 3 aromatic carbocycles. The number of methoxy groups -OCH3 is 1. The maximum absolute atomic E-state index is 13.4. The Balaban J connectivity index is 1.61. The van der Waals surface area contributed by atoms with Gasteiger partial charge in [0, 0.05) is 25.6 Å². The third-order valence-electron chi connectivity index (χ3n) is 6.37. The van der Waals surface area contributed by atoms with E-state index in [0.717, 1.165) is 32.8 Å². The van der Waals surface area contributed by atoms with Gasteiger partial charge >= 0.3 is 5.97 Å². The van der Waals surface area contributed by atoms with E-state index in [9.17, 15) is 28.1 Å². The molecule has 1 aliphatic rings. The van der Waals surface area contributed by atoms with Crippen molar-refractivity contribution in [1.82, 2.24) is 9.21 Å². The maximum Gasteiger partial charge on any atom is 0.328 e. The van der Waals surface area contributed by atoms with Crippen molar-refractivity contribution < 1.29 is 27.7 Å². The fourth-order valence-electron chi connectivity index (χ4n) is 4.51. The number of piperazine rings is 1. The van der Waals surface area contributed by atoms with Gasteiger partial charge in [-0.05, 0) is 29.3 Å². The fraction of sp³-hybridized carbons (Fsp3) is 0.280. The van der Waals surface area contributed by atoms with Gasteiger partial charge in [-0.25, -0.2) is 13.2 Å². The minimum Gasteiger partial charge on any atom is -0.467 e. The molecule has 0 saturated carbocycles. The summed E-state index contributed by atoms with van der Waals surface area (Å²) in [4.78, 5) is 37.6. The molecule has 0 aliphatic carbocycles. The highest BCUT2D eigenvalue weighted by molar-refractivity contribution is 7.89. The molecule has 4 rings (SSSR count). The maximum atomic E-state index is 13.4. The number of ether oxygens (including phenoxy) is 1. The average Bonchev–Trinajstić information content (AvgIpc) is 2.88. The molecule has 0 radical (unpaired) electrons. The van der Waals surface area contributed by atoms with Crippen LogP contribution >= 0.6 is 0 Å². The molecule has 0 bridgehead atoms. The zero-order valence-corrected chi connectivity index (χ0v) is 20.6. The first-order chi connectivity index (χ1) is 17.1. The Labute approximate surface area is 208 Å². The standard InChI is InChI=1S/C25H25N3O7S/c1-17-24(29)26(13-14-27(17)36(33,34)23-10-6-5-9-21(23)28(31)32)22(25(30)35-2)16-18-11-12-19-7-3-4-8-20(19)15-18/h3-12,15,17,22H,13-14,16H2,1-2H3/t17-,22-/m0/s1. The van der Waals surface area contributed by atoms with E-state index in [0.29, 0.717) is 0 Å². The van der Waals surface area contributed by atoms with Gasteiger partial charge in [-0.15, -0.1) is 0 Å². The number of rotatable bonds is 7. The van der Waals surface area contributed by atoms with E-state index in [-0.39, 0.29) is 19.5 Å². The lowest BCUT2D eigenvalue weighted by atomic mass is 9.99. The van der Waals surface area contributed by atoms with Crippen molar-refractivity contribution in [2.45, 2.75) is 30.3 Å². The Morgan fingerprint density at radius 3 is 2.44 bits per heavy atom. The summed E-state index contributed by atoms with van der Waals surface area (Å²) in [6, 6.07) is 16.4. The molecular weight excluding hydrogens is 486 g/mol. The number of nitro groups is 1. The van der Waals surface area contributed by atoms with Crippen LogP contribution in [0.25, 0.3) is 10.8 Å². The van der Waals surface area contributed by atoms with Gasteiger partial charge in [-0.2, -0.15) is 4.31 Å². The lowest BCUT2D eigenvalue weighted by Crippen LogP contribution is -2.61. The number of carbonyl (C=O) groups excluding carboxylic acids is 2. The number of nitro benzene ring substituents is 1. The Kier molecular flexibility index (Phi) is 7.04. The van der Waals surface area contributed by atoms with Crippen molar-refractivity contribution in [3.8, 4) is 0 Å². The van der Waals surface area contributed by atoms with Crippen LogP contribution in [0.4, 0.5) is 5.69 Å². The first-order valence-corrected chi connectivity index (χ1v) is 12.7. The number of carbonyl (C=O) groups is 2. The topological polar surface area (TPSA) is 127 Å². The van der Waals surface area contributed by atoms with Crippen LogP contribution in [-0.4, -0.2) is 66.7 Å². The Morgan fingerprint density at radius 1 is 1.08 bits per heavy atom.